The number of likely N-dealkylation sites (N-methyl/N-ethyl adjacent to an activating group) is 1. The average molecular weight is 788 g/mol. The van der Waals surface area contributed by atoms with Crippen molar-refractivity contribution in [1.82, 2.24) is 19.3 Å². The van der Waals surface area contributed by atoms with E-state index in [-0.39, 0.29) is 29.6 Å². The summed E-state index contributed by atoms with van der Waals surface area (Å²) in [5.41, 5.74) is 11.9. The number of H-pyrrole nitrogens is 1. The van der Waals surface area contributed by atoms with Crippen LogP contribution in [0.15, 0.2) is 113 Å². The third kappa shape index (κ3) is 8.41. The number of carbonyl (C=O) groups is 3. The first-order valence-corrected chi connectivity index (χ1v) is 20.4. The Kier molecular flexibility index (Phi) is 11.8. The summed E-state index contributed by atoms with van der Waals surface area (Å²) in [7, 11) is -3.36. The van der Waals surface area contributed by atoms with Crippen LogP contribution in [0, 0.1) is 13.8 Å². The van der Waals surface area contributed by atoms with Crippen molar-refractivity contribution < 1.29 is 27.3 Å². The highest BCUT2D eigenvalue weighted by atomic mass is 32.2. The molecule has 0 unspecified atom stereocenters. The van der Waals surface area contributed by atoms with Crippen molar-refractivity contribution in [1.29, 1.82) is 0 Å². The molecule has 0 bridgehead atoms. The zero-order chi connectivity index (χ0) is 41.2. The zero-order valence-electron chi connectivity index (χ0n) is 33.3. The van der Waals surface area contributed by atoms with Crippen molar-refractivity contribution in [3.05, 3.63) is 142 Å². The smallest absolute Gasteiger partial charge is 0.267 e. The molecule has 0 spiro atoms. The number of hydrogen-bond acceptors (Lipinski definition) is 7. The fourth-order valence-electron chi connectivity index (χ4n) is 7.50. The summed E-state index contributed by atoms with van der Waals surface area (Å²) < 4.78 is 37.2. The molecule has 0 radical (unpaired) electrons. The number of aryl methyl sites for hydroxylation is 2. The minimum absolute atomic E-state index is 0.0491. The number of benzene rings is 4. The minimum Gasteiger partial charge on any atom is -0.368 e. The summed E-state index contributed by atoms with van der Waals surface area (Å²) in [5.74, 6) is -2.46. The Morgan fingerprint density at radius 2 is 1.44 bits per heavy atom. The van der Waals surface area contributed by atoms with E-state index in [2.05, 4.69) is 10.1 Å². The van der Waals surface area contributed by atoms with E-state index in [0.717, 1.165) is 27.6 Å². The van der Waals surface area contributed by atoms with E-state index in [1.165, 1.54) is 18.1 Å². The first-order valence-electron chi connectivity index (χ1n) is 19.0. The first-order chi connectivity index (χ1) is 27.1. The van der Waals surface area contributed by atoms with E-state index in [0.29, 0.717) is 37.9 Å². The van der Waals surface area contributed by atoms with E-state index >= 15 is 13.2 Å². The van der Waals surface area contributed by atoms with Crippen LogP contribution in [-0.4, -0.2) is 64.6 Å². The van der Waals surface area contributed by atoms with Gasteiger partial charge in [-0.3, -0.25) is 14.4 Å². The van der Waals surface area contributed by atoms with Gasteiger partial charge in [-0.25, -0.2) is 12.7 Å². The molecular weight excluding hydrogens is 739 g/mol. The summed E-state index contributed by atoms with van der Waals surface area (Å²) in [5, 5.41) is 4.54. The van der Waals surface area contributed by atoms with Crippen LogP contribution in [0.4, 0.5) is 0 Å². The fraction of sp³-hybridized carbons (Fsp3) is 0.289. The van der Waals surface area contributed by atoms with Crippen molar-refractivity contribution in [2.24, 2.45) is 5.73 Å². The van der Waals surface area contributed by atoms with Gasteiger partial charge in [0.05, 0.1) is 11.1 Å². The van der Waals surface area contributed by atoms with Gasteiger partial charge in [0.25, 0.3) is 21.8 Å². The van der Waals surface area contributed by atoms with Crippen LogP contribution in [0.1, 0.15) is 83.3 Å². The molecule has 2 heterocycles. The number of sulfonamides is 1. The molecule has 4 aromatic carbocycles. The zero-order valence-corrected chi connectivity index (χ0v) is 34.1. The van der Waals surface area contributed by atoms with Crippen molar-refractivity contribution in [2.45, 2.75) is 83.2 Å². The van der Waals surface area contributed by atoms with Gasteiger partial charge in [0.2, 0.25) is 5.91 Å². The van der Waals surface area contributed by atoms with Crippen LogP contribution >= 0.6 is 0 Å². The van der Waals surface area contributed by atoms with E-state index in [9.17, 15) is 9.59 Å². The Morgan fingerprint density at radius 1 is 0.807 bits per heavy atom. The molecule has 0 aliphatic carbocycles. The van der Waals surface area contributed by atoms with Gasteiger partial charge in [-0.15, -0.1) is 0 Å². The average Bonchev–Trinajstić information content (AvgIpc) is 3.86. The monoisotopic (exact) mass is 787 g/mol. The van der Waals surface area contributed by atoms with Crippen LogP contribution in [0.5, 0.6) is 0 Å². The molecule has 12 heteroatoms. The van der Waals surface area contributed by atoms with Crippen molar-refractivity contribution >= 4 is 38.6 Å². The molecule has 0 aliphatic rings. The lowest BCUT2D eigenvalue weighted by Gasteiger charge is -2.36. The quantitative estimate of drug-likeness (QED) is 0.115. The molecule has 2 atom stereocenters. The molecule has 6 rings (SSSR count). The summed E-state index contributed by atoms with van der Waals surface area (Å²) >= 11 is 0. The number of nitrogens with two attached hydrogens (primary N) is 1. The molecule has 0 aliphatic heterocycles. The Balaban J connectivity index is 1.56. The summed E-state index contributed by atoms with van der Waals surface area (Å²) in [6.45, 7) is 11.3. The second-order valence-corrected chi connectivity index (χ2v) is 17.0. The molecule has 3 N–H and O–H groups in total. The maximum atomic E-state index is 15.6. The Bertz CT molecular complexity index is 2480. The molecule has 3 amide bonds. The SMILES string of the molecule is Cc1cc(C)cc(C(=O)N(C)[C@H](Cc2ccc(-c3ccno3)cc2)C(=O)N([C@@H](Cc2c[nH]c3ccccc23)C(N)=O)S(=O)(=O)c2c(C(C)C)cccc2C(C)C)c1. The van der Waals surface area contributed by atoms with E-state index in [4.69, 9.17) is 10.3 Å². The molecule has 0 saturated carbocycles. The van der Waals surface area contributed by atoms with Crippen LogP contribution in [-0.2, 0) is 32.5 Å². The maximum Gasteiger partial charge on any atom is 0.267 e. The predicted molar refractivity (Wildman–Crippen MR) is 221 cm³/mol. The topological polar surface area (TPSA) is 160 Å². The standard InChI is InChI=1S/C45H49N5O6S/c1-27(2)35-12-10-13-36(28(3)4)42(35)57(54,55)50(39(43(46)51)25-34-26-47-38-14-9-8-11-37(34)38)45(53)40(49(7)44(52)33-22-29(5)21-30(6)23-33)24-31-15-17-32(18-16-31)41-19-20-48-56-41/h8-23,26-28,39-40,47H,24-25H2,1-7H3,(H2,46,51)/t39-,40+/m0/s1. The molecule has 296 valence electrons. The number of aromatic amines is 1. The molecule has 11 nitrogen and oxygen atoms in total. The van der Waals surface area contributed by atoms with Gasteiger partial charge < -0.3 is 20.1 Å². The number of amides is 3. The minimum atomic E-state index is -4.85. The number of carbonyl (C=O) groups excluding carboxylic acids is 3. The van der Waals surface area contributed by atoms with Crippen molar-refractivity contribution in [3.63, 3.8) is 0 Å². The highest BCUT2D eigenvalue weighted by Crippen LogP contribution is 2.36. The molecular formula is C45H49N5O6S. The number of fused-ring (bicyclic) bond motifs is 1. The number of nitrogens with zero attached hydrogens (tertiary/aromatic N) is 3. The van der Waals surface area contributed by atoms with Gasteiger partial charge in [-0.05, 0) is 66.1 Å². The second-order valence-electron chi connectivity index (χ2n) is 15.3. The van der Waals surface area contributed by atoms with Crippen LogP contribution in [0.2, 0.25) is 0 Å². The molecule has 57 heavy (non-hydrogen) atoms. The third-order valence-electron chi connectivity index (χ3n) is 10.4. The Hall–Kier alpha value is -6.01. The van der Waals surface area contributed by atoms with Crippen LogP contribution in [0.3, 0.4) is 0 Å². The Labute approximate surface area is 333 Å². The van der Waals surface area contributed by atoms with Gasteiger partial charge in [-0.1, -0.05) is 111 Å². The summed E-state index contributed by atoms with van der Waals surface area (Å²) in [6.07, 6.45) is 2.93. The predicted octanol–water partition coefficient (Wildman–Crippen LogP) is 7.68. The highest BCUT2D eigenvalue weighted by molar-refractivity contribution is 7.89. The number of aromatic nitrogens is 2. The lowest BCUT2D eigenvalue weighted by Crippen LogP contribution is -2.58. The van der Waals surface area contributed by atoms with Crippen molar-refractivity contribution in [3.8, 4) is 11.3 Å². The normalized spacial score (nSPS) is 12.9. The van der Waals surface area contributed by atoms with Gasteiger partial charge >= 0.3 is 0 Å². The van der Waals surface area contributed by atoms with Crippen LogP contribution in [0.25, 0.3) is 22.2 Å². The van der Waals surface area contributed by atoms with Gasteiger partial charge in [0.15, 0.2) is 5.76 Å². The summed E-state index contributed by atoms with van der Waals surface area (Å²) in [4.78, 5) is 48.3. The lowest BCUT2D eigenvalue weighted by atomic mass is 9.95. The number of para-hydroxylation sites is 1. The lowest BCUT2D eigenvalue weighted by molar-refractivity contribution is -0.137. The summed E-state index contributed by atoms with van der Waals surface area (Å²) in [6, 6.07) is 23.9. The van der Waals surface area contributed by atoms with Gasteiger partial charge in [0, 0.05) is 54.2 Å². The number of primary amides is 1. The molecule has 0 fully saturated rings. The van der Waals surface area contributed by atoms with Gasteiger partial charge in [0.1, 0.15) is 12.1 Å². The number of rotatable bonds is 14. The van der Waals surface area contributed by atoms with Gasteiger partial charge in [-0.2, -0.15) is 0 Å². The number of nitrogens with one attached hydrogen (secondary N) is 1. The second kappa shape index (κ2) is 16.6. The fourth-order valence-corrected chi connectivity index (χ4v) is 9.77. The largest absolute Gasteiger partial charge is 0.368 e. The Morgan fingerprint density at radius 3 is 2.02 bits per heavy atom. The van der Waals surface area contributed by atoms with E-state index < -0.39 is 39.8 Å². The number of hydrogen-bond donors (Lipinski definition) is 2. The first kappa shape index (κ1) is 40.6. The van der Waals surface area contributed by atoms with E-state index in [1.807, 2.05) is 71.9 Å². The van der Waals surface area contributed by atoms with E-state index in [1.54, 1.807) is 66.9 Å². The van der Waals surface area contributed by atoms with Crippen molar-refractivity contribution in [2.75, 3.05) is 7.05 Å². The van der Waals surface area contributed by atoms with Crippen LogP contribution < -0.4 is 5.73 Å². The molecule has 0 saturated heterocycles. The highest BCUT2D eigenvalue weighted by Gasteiger charge is 2.45. The maximum absolute atomic E-state index is 15.6. The molecule has 6 aromatic rings. The molecule has 2 aromatic heterocycles. The third-order valence-corrected chi connectivity index (χ3v) is 12.3.